The Morgan fingerprint density at radius 1 is 1.03 bits per heavy atom. The van der Waals surface area contributed by atoms with E-state index in [1.165, 1.54) is 7.11 Å². The molecule has 1 aliphatic carbocycles. The van der Waals surface area contributed by atoms with Gasteiger partial charge in [-0.3, -0.25) is 9.59 Å². The van der Waals surface area contributed by atoms with E-state index in [-0.39, 0.29) is 17.8 Å². The van der Waals surface area contributed by atoms with Crippen LogP contribution in [-0.2, 0) is 23.9 Å². The molecule has 2 aromatic carbocycles. The van der Waals surface area contributed by atoms with E-state index in [2.05, 4.69) is 5.32 Å². The van der Waals surface area contributed by atoms with Crippen LogP contribution in [0.25, 0.3) is 0 Å². The van der Waals surface area contributed by atoms with Gasteiger partial charge in [0.15, 0.2) is 5.78 Å². The molecule has 36 heavy (non-hydrogen) atoms. The standard InChI is InChI=1S/C29H31NO6/c1-16(2)35-29(33)24-18(4)30-22-14-17(3)23(28(32)34-5)27(31)26(22)25(24)19-10-9-13-21(15-19)36-20-11-7-6-8-12-20/h6-13,15-17,23,25,30H,14H2,1-5H3/t17-,23+,25+/m1/s1. The summed E-state index contributed by atoms with van der Waals surface area (Å²) in [7, 11) is 1.28. The van der Waals surface area contributed by atoms with Gasteiger partial charge in [0, 0.05) is 22.9 Å². The third-order valence-electron chi connectivity index (χ3n) is 6.48. The number of hydrogen-bond donors (Lipinski definition) is 1. The summed E-state index contributed by atoms with van der Waals surface area (Å²) in [6.07, 6.45) is 0.132. The average molecular weight is 490 g/mol. The second-order valence-electron chi connectivity index (χ2n) is 9.48. The Morgan fingerprint density at radius 2 is 1.72 bits per heavy atom. The molecule has 0 spiro atoms. The lowest BCUT2D eigenvalue weighted by Crippen LogP contribution is -2.43. The SMILES string of the molecule is COC(=O)[C@@H]1C(=O)C2=C(C[C@H]1C)NC(C)=C(C(=O)OC(C)C)[C@@H]2c1cccc(Oc2ccccc2)c1. The fourth-order valence-electron chi connectivity index (χ4n) is 4.94. The number of esters is 2. The van der Waals surface area contributed by atoms with Crippen molar-refractivity contribution in [2.45, 2.75) is 46.1 Å². The number of ketones is 1. The summed E-state index contributed by atoms with van der Waals surface area (Å²) in [6.45, 7) is 7.22. The summed E-state index contributed by atoms with van der Waals surface area (Å²) in [6, 6.07) is 16.7. The van der Waals surface area contributed by atoms with Crippen molar-refractivity contribution in [3.05, 3.63) is 82.7 Å². The second kappa shape index (κ2) is 10.4. The second-order valence-corrected chi connectivity index (χ2v) is 9.48. The molecule has 2 aromatic rings. The van der Waals surface area contributed by atoms with Crippen LogP contribution in [0.3, 0.4) is 0 Å². The zero-order valence-electron chi connectivity index (χ0n) is 21.2. The highest BCUT2D eigenvalue weighted by molar-refractivity contribution is 6.12. The number of carbonyl (C=O) groups excluding carboxylic acids is 3. The number of dihydropyridines is 1. The highest BCUT2D eigenvalue weighted by Crippen LogP contribution is 2.46. The molecule has 0 unspecified atom stereocenters. The predicted molar refractivity (Wildman–Crippen MR) is 134 cm³/mol. The quantitative estimate of drug-likeness (QED) is 0.449. The fraction of sp³-hybridized carbons (Fsp3) is 0.345. The zero-order valence-corrected chi connectivity index (χ0v) is 21.2. The smallest absolute Gasteiger partial charge is 0.337 e. The molecule has 188 valence electrons. The minimum atomic E-state index is -0.942. The van der Waals surface area contributed by atoms with E-state index in [9.17, 15) is 14.4 Å². The van der Waals surface area contributed by atoms with Crippen LogP contribution in [0.15, 0.2) is 77.1 Å². The van der Waals surface area contributed by atoms with E-state index in [1.54, 1.807) is 20.8 Å². The Kier molecular flexibility index (Phi) is 7.29. The fourth-order valence-corrected chi connectivity index (χ4v) is 4.94. The molecule has 0 amide bonds. The lowest BCUT2D eigenvalue weighted by atomic mass is 9.69. The van der Waals surface area contributed by atoms with E-state index in [0.717, 1.165) is 0 Å². The van der Waals surface area contributed by atoms with E-state index < -0.39 is 23.8 Å². The van der Waals surface area contributed by atoms with Crippen LogP contribution in [0.4, 0.5) is 0 Å². The highest BCUT2D eigenvalue weighted by Gasteiger charge is 2.47. The summed E-state index contributed by atoms with van der Waals surface area (Å²) in [5.41, 5.74) is 2.76. The topological polar surface area (TPSA) is 90.9 Å². The number of rotatable bonds is 6. The third-order valence-corrected chi connectivity index (χ3v) is 6.48. The molecule has 0 saturated carbocycles. The maximum Gasteiger partial charge on any atom is 0.337 e. The minimum absolute atomic E-state index is 0.249. The molecule has 0 saturated heterocycles. The van der Waals surface area contributed by atoms with Crippen LogP contribution in [0.1, 0.15) is 45.6 Å². The van der Waals surface area contributed by atoms with Gasteiger partial charge in [-0.1, -0.05) is 37.3 Å². The Labute approximate surface area is 211 Å². The van der Waals surface area contributed by atoms with Crippen molar-refractivity contribution in [1.29, 1.82) is 0 Å². The van der Waals surface area contributed by atoms with E-state index in [1.807, 2.05) is 61.5 Å². The van der Waals surface area contributed by atoms with Gasteiger partial charge in [0.05, 0.1) is 18.8 Å². The molecule has 1 aliphatic heterocycles. The van der Waals surface area contributed by atoms with E-state index in [4.69, 9.17) is 14.2 Å². The van der Waals surface area contributed by atoms with Gasteiger partial charge in [-0.25, -0.2) is 4.79 Å². The van der Waals surface area contributed by atoms with Crippen molar-refractivity contribution < 1.29 is 28.6 Å². The van der Waals surface area contributed by atoms with Gasteiger partial charge in [-0.15, -0.1) is 0 Å². The largest absolute Gasteiger partial charge is 0.468 e. The average Bonchev–Trinajstić information content (AvgIpc) is 2.83. The highest BCUT2D eigenvalue weighted by atomic mass is 16.5. The van der Waals surface area contributed by atoms with Crippen LogP contribution in [0, 0.1) is 11.8 Å². The Morgan fingerprint density at radius 3 is 2.39 bits per heavy atom. The number of benzene rings is 2. The number of Topliss-reactive ketones (excluding diaryl/α,β-unsaturated/α-hetero) is 1. The number of methoxy groups -OCH3 is 1. The summed E-state index contributed by atoms with van der Waals surface area (Å²) in [4.78, 5) is 39.7. The molecular formula is C29H31NO6. The van der Waals surface area contributed by atoms with E-state index >= 15 is 0 Å². The van der Waals surface area contributed by atoms with Gasteiger partial charge in [-0.2, -0.15) is 0 Å². The first-order chi connectivity index (χ1) is 17.2. The molecule has 7 nitrogen and oxygen atoms in total. The first kappa shape index (κ1) is 25.2. The van der Waals surface area contributed by atoms with Crippen molar-refractivity contribution in [1.82, 2.24) is 5.32 Å². The van der Waals surface area contributed by atoms with Crippen molar-refractivity contribution in [2.24, 2.45) is 11.8 Å². The number of carbonyl (C=O) groups is 3. The molecular weight excluding hydrogens is 458 g/mol. The molecule has 1 N–H and O–H groups in total. The molecule has 7 heteroatoms. The normalized spacial score (nSPS) is 21.6. The summed E-state index contributed by atoms with van der Waals surface area (Å²) in [5, 5.41) is 3.27. The lowest BCUT2D eigenvalue weighted by Gasteiger charge is -2.38. The number of hydrogen-bond acceptors (Lipinski definition) is 7. The van der Waals surface area contributed by atoms with Gasteiger partial charge < -0.3 is 19.5 Å². The summed E-state index contributed by atoms with van der Waals surface area (Å²) < 4.78 is 16.6. The first-order valence-electron chi connectivity index (χ1n) is 12.1. The summed E-state index contributed by atoms with van der Waals surface area (Å²) in [5.74, 6) is -2.11. The van der Waals surface area contributed by atoms with Crippen LogP contribution in [0.2, 0.25) is 0 Å². The van der Waals surface area contributed by atoms with Crippen molar-refractivity contribution in [3.63, 3.8) is 0 Å². The number of nitrogens with one attached hydrogen (secondary N) is 1. The lowest BCUT2D eigenvalue weighted by molar-refractivity contribution is -0.151. The molecule has 0 aromatic heterocycles. The Hall–Kier alpha value is -3.87. The van der Waals surface area contributed by atoms with Gasteiger partial charge in [0.2, 0.25) is 0 Å². The minimum Gasteiger partial charge on any atom is -0.468 e. The van der Waals surface area contributed by atoms with Gasteiger partial charge in [-0.05, 0) is 62.9 Å². The van der Waals surface area contributed by atoms with Crippen LogP contribution in [-0.4, -0.2) is 30.9 Å². The molecule has 2 aliphatic rings. The van der Waals surface area contributed by atoms with Crippen LogP contribution >= 0.6 is 0 Å². The van der Waals surface area contributed by atoms with Crippen molar-refractivity contribution in [3.8, 4) is 11.5 Å². The Balaban J connectivity index is 1.83. The molecule has 3 atom stereocenters. The van der Waals surface area contributed by atoms with Gasteiger partial charge >= 0.3 is 11.9 Å². The first-order valence-corrected chi connectivity index (χ1v) is 12.1. The monoisotopic (exact) mass is 489 g/mol. The zero-order chi connectivity index (χ0) is 26.0. The van der Waals surface area contributed by atoms with E-state index in [0.29, 0.717) is 46.0 Å². The van der Waals surface area contributed by atoms with Crippen LogP contribution < -0.4 is 10.1 Å². The maximum atomic E-state index is 13.8. The Bertz CT molecular complexity index is 1240. The number of para-hydroxylation sites is 1. The molecule has 1 heterocycles. The van der Waals surface area contributed by atoms with Crippen molar-refractivity contribution >= 4 is 17.7 Å². The van der Waals surface area contributed by atoms with Crippen LogP contribution in [0.5, 0.6) is 11.5 Å². The molecule has 0 fully saturated rings. The predicted octanol–water partition coefficient (Wildman–Crippen LogP) is 5.04. The van der Waals surface area contributed by atoms with Crippen molar-refractivity contribution in [2.75, 3.05) is 7.11 Å². The molecule has 0 radical (unpaired) electrons. The summed E-state index contributed by atoms with van der Waals surface area (Å²) >= 11 is 0. The van der Waals surface area contributed by atoms with Gasteiger partial charge in [0.25, 0.3) is 0 Å². The molecule has 0 bridgehead atoms. The maximum absolute atomic E-state index is 13.8. The third kappa shape index (κ3) is 4.91. The van der Waals surface area contributed by atoms with Gasteiger partial charge in [0.1, 0.15) is 17.4 Å². The molecule has 4 rings (SSSR count). The number of allylic oxidation sites excluding steroid dienone is 3. The number of ether oxygens (including phenoxy) is 3.